The monoisotopic (exact) mass is 293 g/mol. The Kier molecular flexibility index (Phi) is 4.44. The SMILES string of the molecule is CCC(C)(C)C1CCC(C#N)C(n2cc(Cl)c(C)n2)C1. The lowest BCUT2D eigenvalue weighted by atomic mass is 9.66. The van der Waals surface area contributed by atoms with E-state index in [1.807, 2.05) is 17.8 Å². The van der Waals surface area contributed by atoms with Crippen molar-refractivity contribution in [3.8, 4) is 6.07 Å². The number of aromatic nitrogens is 2. The first kappa shape index (κ1) is 15.4. The van der Waals surface area contributed by atoms with Gasteiger partial charge in [-0.25, -0.2) is 0 Å². The van der Waals surface area contributed by atoms with Gasteiger partial charge >= 0.3 is 0 Å². The summed E-state index contributed by atoms with van der Waals surface area (Å²) < 4.78 is 1.93. The van der Waals surface area contributed by atoms with E-state index >= 15 is 0 Å². The molecule has 1 aromatic heterocycles. The van der Waals surface area contributed by atoms with E-state index in [0.29, 0.717) is 16.4 Å². The minimum Gasteiger partial charge on any atom is -0.267 e. The lowest BCUT2D eigenvalue weighted by Crippen LogP contribution is -2.34. The summed E-state index contributed by atoms with van der Waals surface area (Å²) in [7, 11) is 0. The molecule has 1 saturated carbocycles. The summed E-state index contributed by atoms with van der Waals surface area (Å²) in [4.78, 5) is 0. The highest BCUT2D eigenvalue weighted by Crippen LogP contribution is 2.46. The molecule has 0 saturated heterocycles. The van der Waals surface area contributed by atoms with Crippen LogP contribution in [0.4, 0.5) is 0 Å². The smallest absolute Gasteiger partial charge is 0.0815 e. The number of hydrogen-bond donors (Lipinski definition) is 0. The molecule has 4 heteroatoms. The molecule has 3 nitrogen and oxygen atoms in total. The molecule has 0 aliphatic heterocycles. The first-order valence-electron chi connectivity index (χ1n) is 7.50. The normalized spacial score (nSPS) is 27.3. The van der Waals surface area contributed by atoms with Crippen LogP contribution in [0, 0.1) is 35.5 Å². The van der Waals surface area contributed by atoms with E-state index < -0.39 is 0 Å². The second-order valence-electron chi connectivity index (χ2n) is 6.70. The zero-order valence-corrected chi connectivity index (χ0v) is 13.6. The molecule has 1 heterocycles. The highest BCUT2D eigenvalue weighted by molar-refractivity contribution is 6.31. The lowest BCUT2D eigenvalue weighted by Gasteiger charge is -2.41. The van der Waals surface area contributed by atoms with E-state index in [2.05, 4.69) is 31.9 Å². The van der Waals surface area contributed by atoms with Gasteiger partial charge in [0, 0.05) is 6.20 Å². The molecule has 1 fully saturated rings. The van der Waals surface area contributed by atoms with Gasteiger partial charge < -0.3 is 0 Å². The Bertz CT molecular complexity index is 493. The summed E-state index contributed by atoms with van der Waals surface area (Å²) in [6.45, 7) is 8.84. The van der Waals surface area contributed by atoms with Gasteiger partial charge in [-0.2, -0.15) is 10.4 Å². The van der Waals surface area contributed by atoms with E-state index in [-0.39, 0.29) is 12.0 Å². The molecule has 0 N–H and O–H groups in total. The van der Waals surface area contributed by atoms with E-state index in [1.165, 1.54) is 6.42 Å². The minimum atomic E-state index is 0.0503. The molecule has 2 rings (SSSR count). The Morgan fingerprint density at radius 2 is 2.20 bits per heavy atom. The summed E-state index contributed by atoms with van der Waals surface area (Å²) in [6.07, 6.45) is 6.18. The van der Waals surface area contributed by atoms with Crippen LogP contribution < -0.4 is 0 Å². The van der Waals surface area contributed by atoms with Gasteiger partial charge in [-0.05, 0) is 37.5 Å². The van der Waals surface area contributed by atoms with Crippen molar-refractivity contribution in [2.45, 2.75) is 59.4 Å². The Balaban J connectivity index is 2.26. The van der Waals surface area contributed by atoms with Gasteiger partial charge in [0.1, 0.15) is 0 Å². The van der Waals surface area contributed by atoms with Crippen molar-refractivity contribution in [3.63, 3.8) is 0 Å². The third-order valence-corrected chi connectivity index (χ3v) is 5.57. The molecule has 0 aromatic carbocycles. The van der Waals surface area contributed by atoms with Crippen molar-refractivity contribution in [2.75, 3.05) is 0 Å². The fourth-order valence-electron chi connectivity index (χ4n) is 3.22. The maximum Gasteiger partial charge on any atom is 0.0815 e. The molecule has 0 radical (unpaired) electrons. The third-order valence-electron chi connectivity index (χ3n) is 5.20. The maximum atomic E-state index is 9.42. The van der Waals surface area contributed by atoms with Crippen molar-refractivity contribution in [1.29, 1.82) is 5.26 Å². The van der Waals surface area contributed by atoms with Gasteiger partial charge in [-0.1, -0.05) is 38.8 Å². The Labute approximate surface area is 126 Å². The highest BCUT2D eigenvalue weighted by Gasteiger charge is 2.38. The van der Waals surface area contributed by atoms with Crippen LogP contribution in [-0.4, -0.2) is 9.78 Å². The van der Waals surface area contributed by atoms with Crippen molar-refractivity contribution < 1.29 is 0 Å². The van der Waals surface area contributed by atoms with E-state index in [1.54, 1.807) is 0 Å². The van der Waals surface area contributed by atoms with Crippen LogP contribution in [0.3, 0.4) is 0 Å². The zero-order chi connectivity index (χ0) is 14.9. The second kappa shape index (κ2) is 5.77. The number of aryl methyl sites for hydroxylation is 1. The average molecular weight is 294 g/mol. The predicted octanol–water partition coefficient (Wildman–Crippen LogP) is 4.76. The predicted molar refractivity (Wildman–Crippen MR) is 81.5 cm³/mol. The first-order valence-corrected chi connectivity index (χ1v) is 7.87. The van der Waals surface area contributed by atoms with Gasteiger partial charge in [-0.3, -0.25) is 4.68 Å². The van der Waals surface area contributed by atoms with E-state index in [9.17, 15) is 5.26 Å². The molecule has 3 unspecified atom stereocenters. The Hall–Kier alpha value is -1.01. The number of rotatable bonds is 3. The second-order valence-corrected chi connectivity index (χ2v) is 7.10. The van der Waals surface area contributed by atoms with E-state index in [0.717, 1.165) is 25.0 Å². The number of nitrogens with zero attached hydrogens (tertiary/aromatic N) is 3. The Morgan fingerprint density at radius 3 is 2.70 bits per heavy atom. The van der Waals surface area contributed by atoms with Crippen LogP contribution in [0.25, 0.3) is 0 Å². The van der Waals surface area contributed by atoms with Crippen LogP contribution in [0.5, 0.6) is 0 Å². The van der Waals surface area contributed by atoms with Crippen molar-refractivity contribution in [3.05, 3.63) is 16.9 Å². The van der Waals surface area contributed by atoms with E-state index in [4.69, 9.17) is 11.6 Å². The van der Waals surface area contributed by atoms with Crippen LogP contribution in [0.2, 0.25) is 5.02 Å². The molecule has 0 amide bonds. The number of nitriles is 1. The van der Waals surface area contributed by atoms with Crippen molar-refractivity contribution in [2.24, 2.45) is 17.3 Å². The molecular weight excluding hydrogens is 270 g/mol. The maximum absolute atomic E-state index is 9.42. The fraction of sp³-hybridized carbons (Fsp3) is 0.750. The molecule has 0 spiro atoms. The molecule has 110 valence electrons. The molecular formula is C16H24ClN3. The largest absolute Gasteiger partial charge is 0.267 e. The average Bonchev–Trinajstić information content (AvgIpc) is 2.77. The van der Waals surface area contributed by atoms with Crippen LogP contribution in [-0.2, 0) is 0 Å². The van der Waals surface area contributed by atoms with Crippen LogP contribution in [0.15, 0.2) is 6.20 Å². The molecule has 3 atom stereocenters. The van der Waals surface area contributed by atoms with Gasteiger partial charge in [0.2, 0.25) is 0 Å². The first-order chi connectivity index (χ1) is 9.39. The summed E-state index contributed by atoms with van der Waals surface area (Å²) in [5.41, 5.74) is 1.17. The van der Waals surface area contributed by atoms with Crippen molar-refractivity contribution in [1.82, 2.24) is 9.78 Å². The highest BCUT2D eigenvalue weighted by atomic mass is 35.5. The quantitative estimate of drug-likeness (QED) is 0.806. The zero-order valence-electron chi connectivity index (χ0n) is 12.9. The Morgan fingerprint density at radius 1 is 1.50 bits per heavy atom. The number of halogens is 1. The minimum absolute atomic E-state index is 0.0503. The summed E-state index contributed by atoms with van der Waals surface area (Å²) >= 11 is 6.13. The fourth-order valence-corrected chi connectivity index (χ4v) is 3.36. The standard InChI is InChI=1S/C16H24ClN3/c1-5-16(3,4)13-7-6-12(9-18)15(8-13)20-10-14(17)11(2)19-20/h10,12-13,15H,5-8H2,1-4H3. The van der Waals surface area contributed by atoms with Gasteiger partial charge in [0.05, 0.1) is 28.7 Å². The summed E-state index contributed by atoms with van der Waals surface area (Å²) in [5.74, 6) is 0.694. The molecule has 1 aliphatic carbocycles. The molecule has 1 aromatic rings. The van der Waals surface area contributed by atoms with Crippen LogP contribution in [0.1, 0.15) is 58.2 Å². The van der Waals surface area contributed by atoms with Gasteiger partial charge in [-0.15, -0.1) is 0 Å². The number of hydrogen-bond acceptors (Lipinski definition) is 2. The third kappa shape index (κ3) is 2.86. The summed E-state index contributed by atoms with van der Waals surface area (Å²) in [5, 5.41) is 14.6. The van der Waals surface area contributed by atoms with Gasteiger partial charge in [0.25, 0.3) is 0 Å². The molecule has 20 heavy (non-hydrogen) atoms. The van der Waals surface area contributed by atoms with Gasteiger partial charge in [0.15, 0.2) is 0 Å². The summed E-state index contributed by atoms with van der Waals surface area (Å²) in [6, 6.07) is 2.63. The van der Waals surface area contributed by atoms with Crippen LogP contribution >= 0.6 is 11.6 Å². The molecule has 1 aliphatic rings. The topological polar surface area (TPSA) is 41.6 Å². The lowest BCUT2D eigenvalue weighted by molar-refractivity contribution is 0.0991. The molecule has 0 bridgehead atoms. The van der Waals surface area contributed by atoms with Crippen molar-refractivity contribution >= 4 is 11.6 Å².